The van der Waals surface area contributed by atoms with Crippen molar-refractivity contribution >= 4 is 5.91 Å². The van der Waals surface area contributed by atoms with E-state index in [-0.39, 0.29) is 17.9 Å². The molecule has 2 atom stereocenters. The van der Waals surface area contributed by atoms with Gasteiger partial charge in [0.15, 0.2) is 0 Å². The lowest BCUT2D eigenvalue weighted by molar-refractivity contribution is -0.129. The molecule has 2 rings (SSSR count). The van der Waals surface area contributed by atoms with Crippen LogP contribution in [-0.4, -0.2) is 42.2 Å². The second-order valence-electron chi connectivity index (χ2n) is 5.61. The van der Waals surface area contributed by atoms with Gasteiger partial charge in [0, 0.05) is 19.0 Å². The van der Waals surface area contributed by atoms with Crippen molar-refractivity contribution in [2.75, 3.05) is 20.2 Å². The van der Waals surface area contributed by atoms with Gasteiger partial charge >= 0.3 is 0 Å². The van der Waals surface area contributed by atoms with Crippen LogP contribution in [0.4, 0.5) is 0 Å². The van der Waals surface area contributed by atoms with Crippen molar-refractivity contribution in [2.45, 2.75) is 32.8 Å². The number of aliphatic hydroxyl groups excluding tert-OH is 1. The third-order valence-electron chi connectivity index (χ3n) is 4.09. The minimum atomic E-state index is -0.340. The molecule has 4 heteroatoms. The van der Waals surface area contributed by atoms with E-state index in [0.29, 0.717) is 13.0 Å². The number of aliphatic hydroxyl groups is 1. The summed E-state index contributed by atoms with van der Waals surface area (Å²) in [5, 5.41) is 9.59. The molecule has 2 unspecified atom stereocenters. The summed E-state index contributed by atoms with van der Waals surface area (Å²) >= 11 is 0. The van der Waals surface area contributed by atoms with Crippen molar-refractivity contribution in [3.8, 4) is 5.75 Å². The number of benzene rings is 1. The summed E-state index contributed by atoms with van der Waals surface area (Å²) in [4.78, 5) is 14.1. The largest absolute Gasteiger partial charge is 0.496 e. The lowest BCUT2D eigenvalue weighted by Gasteiger charge is -2.18. The predicted molar refractivity (Wildman–Crippen MR) is 77.8 cm³/mol. The Balaban J connectivity index is 1.98. The molecule has 1 fully saturated rings. The minimum absolute atomic E-state index is 0.124. The molecule has 1 amide bonds. The van der Waals surface area contributed by atoms with Gasteiger partial charge in [-0.2, -0.15) is 0 Å². The predicted octanol–water partition coefficient (Wildman–Crippen LogP) is 1.78. The zero-order valence-electron chi connectivity index (χ0n) is 12.4. The lowest BCUT2D eigenvalue weighted by Crippen LogP contribution is -2.31. The molecular formula is C16H23NO3. The second kappa shape index (κ2) is 6.27. The van der Waals surface area contributed by atoms with E-state index in [0.717, 1.165) is 29.8 Å². The zero-order chi connectivity index (χ0) is 14.7. The molecule has 1 heterocycles. The maximum Gasteiger partial charge on any atom is 0.227 e. The van der Waals surface area contributed by atoms with Crippen LogP contribution in [0.3, 0.4) is 0 Å². The Morgan fingerprint density at radius 2 is 2.30 bits per heavy atom. The Morgan fingerprint density at radius 1 is 1.55 bits per heavy atom. The first-order valence-electron chi connectivity index (χ1n) is 7.10. The van der Waals surface area contributed by atoms with Crippen molar-refractivity contribution in [3.05, 3.63) is 29.3 Å². The summed E-state index contributed by atoms with van der Waals surface area (Å²) in [5.74, 6) is 1.16. The maximum atomic E-state index is 12.3. The molecule has 0 aromatic heterocycles. The van der Waals surface area contributed by atoms with E-state index in [1.54, 1.807) is 14.0 Å². The highest BCUT2D eigenvalue weighted by molar-refractivity contribution is 5.79. The number of nitrogens with zero attached hydrogens (tertiary/aromatic N) is 1. The van der Waals surface area contributed by atoms with Gasteiger partial charge in [-0.1, -0.05) is 12.1 Å². The Labute approximate surface area is 120 Å². The summed E-state index contributed by atoms with van der Waals surface area (Å²) < 4.78 is 5.28. The van der Waals surface area contributed by atoms with Crippen LogP contribution >= 0.6 is 0 Å². The van der Waals surface area contributed by atoms with Gasteiger partial charge in [-0.3, -0.25) is 4.79 Å². The molecule has 110 valence electrons. The molecule has 20 heavy (non-hydrogen) atoms. The van der Waals surface area contributed by atoms with Crippen molar-refractivity contribution in [3.63, 3.8) is 0 Å². The van der Waals surface area contributed by atoms with Crippen LogP contribution < -0.4 is 4.74 Å². The number of hydrogen-bond donors (Lipinski definition) is 1. The number of carbonyl (C=O) groups is 1. The summed E-state index contributed by atoms with van der Waals surface area (Å²) in [6.07, 6.45) is 0.941. The molecule has 0 bridgehead atoms. The third kappa shape index (κ3) is 3.31. The van der Waals surface area contributed by atoms with E-state index in [1.807, 2.05) is 30.0 Å². The van der Waals surface area contributed by atoms with E-state index < -0.39 is 0 Å². The van der Waals surface area contributed by atoms with Crippen molar-refractivity contribution in [2.24, 2.45) is 5.92 Å². The summed E-state index contributed by atoms with van der Waals surface area (Å²) in [6.45, 7) is 5.19. The number of methoxy groups -OCH3 is 1. The van der Waals surface area contributed by atoms with Gasteiger partial charge in [0.1, 0.15) is 5.75 Å². The average molecular weight is 277 g/mol. The number of hydrogen-bond acceptors (Lipinski definition) is 3. The topological polar surface area (TPSA) is 49.8 Å². The van der Waals surface area contributed by atoms with Gasteiger partial charge in [0.05, 0.1) is 19.6 Å². The maximum absolute atomic E-state index is 12.3. The molecule has 1 aromatic carbocycles. The fourth-order valence-electron chi connectivity index (χ4n) is 2.67. The van der Waals surface area contributed by atoms with E-state index in [2.05, 4.69) is 0 Å². The normalized spacial score (nSPS) is 20.0. The van der Waals surface area contributed by atoms with Gasteiger partial charge in [-0.25, -0.2) is 0 Å². The van der Waals surface area contributed by atoms with Crippen LogP contribution in [0.5, 0.6) is 5.75 Å². The number of aryl methyl sites for hydroxylation is 1. The van der Waals surface area contributed by atoms with Gasteiger partial charge < -0.3 is 14.7 Å². The van der Waals surface area contributed by atoms with E-state index >= 15 is 0 Å². The van der Waals surface area contributed by atoms with Gasteiger partial charge in [0.25, 0.3) is 0 Å². The molecule has 1 aliphatic heterocycles. The molecule has 0 spiro atoms. The molecule has 0 aliphatic carbocycles. The lowest BCUT2D eigenvalue weighted by atomic mass is 10.0. The van der Waals surface area contributed by atoms with Crippen LogP contribution in [0.1, 0.15) is 24.5 Å². The van der Waals surface area contributed by atoms with Gasteiger partial charge in [-0.15, -0.1) is 0 Å². The third-order valence-corrected chi connectivity index (χ3v) is 4.09. The highest BCUT2D eigenvalue weighted by atomic mass is 16.5. The van der Waals surface area contributed by atoms with E-state index in [4.69, 9.17) is 4.74 Å². The standard InChI is InChI=1S/C16H23NO3/c1-11-4-5-13(8-15(11)20-3)9-16(19)17-7-6-14(10-17)12(2)18/h4-5,8,12,14,18H,6-7,9-10H2,1-3H3. The van der Waals surface area contributed by atoms with Gasteiger partial charge in [-0.05, 0) is 37.5 Å². The zero-order valence-corrected chi connectivity index (χ0v) is 12.4. The Bertz CT molecular complexity index is 485. The van der Waals surface area contributed by atoms with Gasteiger partial charge in [0.2, 0.25) is 5.91 Å². The van der Waals surface area contributed by atoms with Crippen LogP contribution in [0, 0.1) is 12.8 Å². The molecule has 0 saturated carbocycles. The fourth-order valence-corrected chi connectivity index (χ4v) is 2.67. The Kier molecular flexibility index (Phi) is 4.65. The molecule has 1 saturated heterocycles. The molecule has 1 N–H and O–H groups in total. The van der Waals surface area contributed by atoms with E-state index in [1.165, 1.54) is 0 Å². The van der Waals surface area contributed by atoms with Crippen molar-refractivity contribution in [1.29, 1.82) is 0 Å². The van der Waals surface area contributed by atoms with E-state index in [9.17, 15) is 9.90 Å². The number of ether oxygens (including phenoxy) is 1. The van der Waals surface area contributed by atoms with Crippen LogP contribution in [0.25, 0.3) is 0 Å². The first-order chi connectivity index (χ1) is 9.51. The molecular weight excluding hydrogens is 254 g/mol. The van der Waals surface area contributed by atoms with Crippen molar-refractivity contribution < 1.29 is 14.6 Å². The highest BCUT2D eigenvalue weighted by Gasteiger charge is 2.28. The number of amides is 1. The summed E-state index contributed by atoms with van der Waals surface area (Å²) in [7, 11) is 1.64. The summed E-state index contributed by atoms with van der Waals surface area (Å²) in [5.41, 5.74) is 2.04. The minimum Gasteiger partial charge on any atom is -0.496 e. The fraction of sp³-hybridized carbons (Fsp3) is 0.562. The molecule has 1 aliphatic rings. The highest BCUT2D eigenvalue weighted by Crippen LogP contribution is 2.22. The van der Waals surface area contributed by atoms with Crippen LogP contribution in [0.2, 0.25) is 0 Å². The van der Waals surface area contributed by atoms with Crippen LogP contribution in [-0.2, 0) is 11.2 Å². The average Bonchev–Trinajstić information content (AvgIpc) is 2.91. The SMILES string of the molecule is COc1cc(CC(=O)N2CCC(C(C)O)C2)ccc1C. The summed E-state index contributed by atoms with van der Waals surface area (Å²) in [6, 6.07) is 5.87. The number of likely N-dealkylation sites (tertiary alicyclic amines) is 1. The Hall–Kier alpha value is -1.55. The smallest absolute Gasteiger partial charge is 0.227 e. The monoisotopic (exact) mass is 277 g/mol. The number of carbonyl (C=O) groups excluding carboxylic acids is 1. The molecule has 0 radical (unpaired) electrons. The Morgan fingerprint density at radius 3 is 2.90 bits per heavy atom. The number of rotatable bonds is 4. The molecule has 1 aromatic rings. The molecule has 4 nitrogen and oxygen atoms in total. The quantitative estimate of drug-likeness (QED) is 0.912. The van der Waals surface area contributed by atoms with Crippen LogP contribution in [0.15, 0.2) is 18.2 Å². The first kappa shape index (κ1) is 14.9. The first-order valence-corrected chi connectivity index (χ1v) is 7.10. The second-order valence-corrected chi connectivity index (χ2v) is 5.61. The van der Waals surface area contributed by atoms with Crippen molar-refractivity contribution in [1.82, 2.24) is 4.90 Å².